The Hall–Kier alpha value is -2.05. The van der Waals surface area contributed by atoms with Crippen LogP contribution in [0.3, 0.4) is 0 Å². The summed E-state index contributed by atoms with van der Waals surface area (Å²) >= 11 is 0. The van der Waals surface area contributed by atoms with Gasteiger partial charge in [-0.1, -0.05) is 6.58 Å². The van der Waals surface area contributed by atoms with Gasteiger partial charge in [0.25, 0.3) is 5.91 Å². The number of benzene rings is 1. The van der Waals surface area contributed by atoms with Crippen LogP contribution in [-0.2, 0) is 15.2 Å². The first-order valence-corrected chi connectivity index (χ1v) is 6.64. The Morgan fingerprint density at radius 1 is 1.41 bits per heavy atom. The number of carbonyl (C=O) groups is 2. The van der Waals surface area contributed by atoms with Gasteiger partial charge in [-0.3, -0.25) is 9.59 Å². The minimum atomic E-state index is -1.42. The van der Waals surface area contributed by atoms with Crippen LogP contribution in [0.15, 0.2) is 30.9 Å². The number of carbonyl (C=O) groups excluding carboxylic acids is 2. The van der Waals surface area contributed by atoms with E-state index in [4.69, 9.17) is 5.73 Å². The number of nitrogens with two attached hydrogens (primary N) is 1. The lowest BCUT2D eigenvalue weighted by molar-refractivity contribution is -0.147. The number of nitrogen functional groups attached to an aromatic ring is 1. The van der Waals surface area contributed by atoms with Crippen molar-refractivity contribution in [2.75, 3.05) is 18.8 Å². The summed E-state index contributed by atoms with van der Waals surface area (Å²) in [7, 11) is 0. The maximum Gasteiger partial charge on any atom is 0.294 e. The monoisotopic (exact) mass is 326 g/mol. The number of aromatic hydroxyl groups is 1. The van der Waals surface area contributed by atoms with Crippen molar-refractivity contribution in [3.8, 4) is 5.75 Å². The van der Waals surface area contributed by atoms with E-state index in [2.05, 4.69) is 6.58 Å². The fraction of sp³-hybridized carbons (Fsp3) is 0.333. The van der Waals surface area contributed by atoms with E-state index in [1.165, 1.54) is 23.1 Å². The van der Waals surface area contributed by atoms with E-state index in [0.29, 0.717) is 25.1 Å². The van der Waals surface area contributed by atoms with Crippen molar-refractivity contribution < 1.29 is 19.8 Å². The molecule has 1 amide bonds. The lowest BCUT2D eigenvalue weighted by atomic mass is 9.84. The number of hydrogen-bond donors (Lipinski definition) is 3. The summed E-state index contributed by atoms with van der Waals surface area (Å²) < 4.78 is 0. The molecule has 1 aliphatic heterocycles. The highest BCUT2D eigenvalue weighted by Gasteiger charge is 2.39. The van der Waals surface area contributed by atoms with Crippen LogP contribution in [0.4, 0.5) is 5.69 Å². The van der Waals surface area contributed by atoms with Crippen LogP contribution in [0.25, 0.3) is 0 Å². The molecule has 120 valence electrons. The molecule has 1 heterocycles. The third-order valence-electron chi connectivity index (χ3n) is 3.68. The summed E-state index contributed by atoms with van der Waals surface area (Å²) in [5.74, 6) is -1.50. The summed E-state index contributed by atoms with van der Waals surface area (Å²) in [6, 6.07) is 4.41. The predicted molar refractivity (Wildman–Crippen MR) is 84.7 cm³/mol. The van der Waals surface area contributed by atoms with E-state index >= 15 is 0 Å². The van der Waals surface area contributed by atoms with E-state index in [1.54, 1.807) is 0 Å². The minimum absolute atomic E-state index is 0. The minimum Gasteiger partial charge on any atom is -0.508 e. The topological polar surface area (TPSA) is 104 Å². The summed E-state index contributed by atoms with van der Waals surface area (Å²) in [6.07, 6.45) is 1.84. The molecule has 1 aromatic carbocycles. The first kappa shape index (κ1) is 18.0. The van der Waals surface area contributed by atoms with Gasteiger partial charge in [-0.05, 0) is 37.1 Å². The molecule has 1 aromatic rings. The van der Waals surface area contributed by atoms with Crippen LogP contribution in [0.2, 0.25) is 0 Å². The molecule has 22 heavy (non-hydrogen) atoms. The molecular formula is C15H19ClN2O4. The molecule has 0 saturated carbocycles. The lowest BCUT2D eigenvalue weighted by Gasteiger charge is -2.39. The second kappa shape index (κ2) is 6.81. The first-order valence-electron chi connectivity index (χ1n) is 6.64. The second-order valence-electron chi connectivity index (χ2n) is 5.21. The highest BCUT2D eigenvalue weighted by atomic mass is 35.5. The fourth-order valence-electron chi connectivity index (χ4n) is 2.60. The number of phenolic OH excluding ortho intramolecular Hbond substituents is 1. The van der Waals surface area contributed by atoms with Crippen LogP contribution >= 0.6 is 12.4 Å². The number of phenols is 1. The number of anilines is 1. The van der Waals surface area contributed by atoms with Gasteiger partial charge in [0.2, 0.25) is 5.78 Å². The van der Waals surface area contributed by atoms with E-state index in [0.717, 1.165) is 6.08 Å². The maximum atomic E-state index is 11.9. The van der Waals surface area contributed by atoms with Gasteiger partial charge in [-0.2, -0.15) is 0 Å². The Balaban J connectivity index is 0.00000242. The molecule has 1 aliphatic rings. The first-order chi connectivity index (χ1) is 9.87. The van der Waals surface area contributed by atoms with Gasteiger partial charge in [-0.25, -0.2) is 0 Å². The van der Waals surface area contributed by atoms with Gasteiger partial charge >= 0.3 is 0 Å². The second-order valence-corrected chi connectivity index (χ2v) is 5.21. The van der Waals surface area contributed by atoms with Gasteiger partial charge in [0, 0.05) is 17.8 Å². The number of amides is 1. The quantitative estimate of drug-likeness (QED) is 0.332. The molecule has 1 fully saturated rings. The number of ketones is 1. The molecule has 1 saturated heterocycles. The van der Waals surface area contributed by atoms with Crippen LogP contribution in [0.5, 0.6) is 5.75 Å². The number of β-amino-alcohol motifs (C(OH)–C–C–N with tert-alkyl or cyclic N) is 1. The summed E-state index contributed by atoms with van der Waals surface area (Å²) in [6.45, 7) is 3.59. The SMILES string of the molecule is C=CC(=O)C(=O)N1CCCC(O)(c2cc(N)ccc2O)C1.Cl. The van der Waals surface area contributed by atoms with E-state index in [9.17, 15) is 19.8 Å². The van der Waals surface area contributed by atoms with Gasteiger partial charge in [0.15, 0.2) is 0 Å². The van der Waals surface area contributed by atoms with Crippen molar-refractivity contribution in [3.63, 3.8) is 0 Å². The van der Waals surface area contributed by atoms with Gasteiger partial charge < -0.3 is 20.8 Å². The molecule has 7 heteroatoms. The number of nitrogens with zero attached hydrogens (tertiary/aromatic N) is 1. The molecule has 1 unspecified atom stereocenters. The Kier molecular flexibility index (Phi) is 5.57. The number of likely N-dealkylation sites (tertiary alicyclic amines) is 1. The van der Waals surface area contributed by atoms with Crippen molar-refractivity contribution >= 4 is 29.8 Å². The molecule has 0 aliphatic carbocycles. The lowest BCUT2D eigenvalue weighted by Crippen LogP contribution is -2.50. The van der Waals surface area contributed by atoms with Crippen molar-refractivity contribution in [2.45, 2.75) is 18.4 Å². The Morgan fingerprint density at radius 3 is 2.73 bits per heavy atom. The predicted octanol–water partition coefficient (Wildman–Crippen LogP) is 0.961. The van der Waals surface area contributed by atoms with Crippen LogP contribution in [-0.4, -0.2) is 39.9 Å². The third-order valence-corrected chi connectivity index (χ3v) is 3.68. The van der Waals surface area contributed by atoms with Crippen molar-refractivity contribution in [2.24, 2.45) is 0 Å². The van der Waals surface area contributed by atoms with Gasteiger partial charge in [0.1, 0.15) is 11.4 Å². The van der Waals surface area contributed by atoms with Crippen molar-refractivity contribution in [1.29, 1.82) is 0 Å². The zero-order valence-corrected chi connectivity index (χ0v) is 12.8. The average Bonchev–Trinajstić information content (AvgIpc) is 2.48. The molecule has 6 nitrogen and oxygen atoms in total. The average molecular weight is 327 g/mol. The fourth-order valence-corrected chi connectivity index (χ4v) is 2.60. The number of rotatable bonds is 3. The largest absolute Gasteiger partial charge is 0.508 e. The molecule has 0 aromatic heterocycles. The zero-order chi connectivity index (χ0) is 15.6. The normalized spacial score (nSPS) is 20.9. The van der Waals surface area contributed by atoms with E-state index in [1.807, 2.05) is 0 Å². The molecule has 2 rings (SSSR count). The van der Waals surface area contributed by atoms with E-state index in [-0.39, 0.29) is 30.3 Å². The number of aliphatic hydroxyl groups is 1. The summed E-state index contributed by atoms with van der Waals surface area (Å²) in [5.41, 5.74) is 4.94. The summed E-state index contributed by atoms with van der Waals surface area (Å²) in [5, 5.41) is 20.7. The smallest absolute Gasteiger partial charge is 0.294 e. The third kappa shape index (κ3) is 3.40. The Bertz CT molecular complexity index is 605. The molecule has 0 radical (unpaired) electrons. The molecule has 0 spiro atoms. The van der Waals surface area contributed by atoms with Gasteiger partial charge in [-0.15, -0.1) is 12.4 Å². The van der Waals surface area contributed by atoms with Crippen molar-refractivity contribution in [1.82, 2.24) is 4.90 Å². The molecule has 4 N–H and O–H groups in total. The van der Waals surface area contributed by atoms with Crippen LogP contribution in [0.1, 0.15) is 18.4 Å². The Morgan fingerprint density at radius 2 is 2.09 bits per heavy atom. The standard InChI is InChI=1S/C15H18N2O4.ClH/c1-2-12(18)14(20)17-7-3-6-15(21,9-17)11-8-10(16)4-5-13(11)19;/h2,4-5,8,19,21H,1,3,6-7,9,16H2;1H. The Labute approximate surface area is 134 Å². The molecular weight excluding hydrogens is 308 g/mol. The molecule has 0 bridgehead atoms. The highest BCUT2D eigenvalue weighted by molar-refractivity contribution is 6.40. The summed E-state index contributed by atoms with van der Waals surface area (Å²) in [4.78, 5) is 24.6. The maximum absolute atomic E-state index is 11.9. The van der Waals surface area contributed by atoms with Crippen LogP contribution in [0, 0.1) is 0 Å². The molecule has 1 atom stereocenters. The number of hydrogen-bond acceptors (Lipinski definition) is 5. The number of halogens is 1. The number of piperidine rings is 1. The van der Waals surface area contributed by atoms with Crippen molar-refractivity contribution in [3.05, 3.63) is 36.4 Å². The highest BCUT2D eigenvalue weighted by Crippen LogP contribution is 2.37. The van der Waals surface area contributed by atoms with Gasteiger partial charge in [0.05, 0.1) is 6.54 Å². The van der Waals surface area contributed by atoms with Crippen LogP contribution < -0.4 is 5.73 Å². The zero-order valence-electron chi connectivity index (χ0n) is 12.0. The van der Waals surface area contributed by atoms with E-state index < -0.39 is 17.3 Å².